The zero-order chi connectivity index (χ0) is 24.8. The minimum Gasteiger partial charge on any atom is -0.489 e. The van der Waals surface area contributed by atoms with Gasteiger partial charge < -0.3 is 10.1 Å². The van der Waals surface area contributed by atoms with Crippen molar-refractivity contribution in [2.75, 3.05) is 19.6 Å². The lowest BCUT2D eigenvalue weighted by Gasteiger charge is -2.31. The largest absolute Gasteiger partial charge is 0.489 e. The van der Waals surface area contributed by atoms with Gasteiger partial charge in [-0.05, 0) is 43.2 Å². The van der Waals surface area contributed by atoms with Crippen LogP contribution in [0.2, 0.25) is 5.02 Å². The number of piperidine rings is 1. The minimum absolute atomic E-state index is 0.118. The van der Waals surface area contributed by atoms with E-state index < -0.39 is 22.7 Å². The van der Waals surface area contributed by atoms with Gasteiger partial charge in [-0.25, -0.2) is 12.9 Å². The smallest absolute Gasteiger partial charge is 0.255 e. The van der Waals surface area contributed by atoms with Gasteiger partial charge in [-0.3, -0.25) is 9.59 Å². The fraction of sp³-hybridized carbons (Fsp3) is 0.231. The highest BCUT2D eigenvalue weighted by atomic mass is 35.5. The number of hydrogen-bond acceptors (Lipinski definition) is 4. The zero-order valence-electron chi connectivity index (χ0n) is 18.8. The number of amides is 1. The molecule has 6 nitrogen and oxygen atoms in total. The molecule has 0 spiro atoms. The Morgan fingerprint density at radius 3 is 2.43 bits per heavy atom. The molecule has 1 unspecified atom stereocenters. The number of para-hydroxylation sites is 1. The molecule has 1 N–H and O–H groups in total. The van der Waals surface area contributed by atoms with Crippen molar-refractivity contribution in [3.05, 3.63) is 94.8 Å². The molecule has 0 radical (unpaired) electrons. The predicted molar refractivity (Wildman–Crippen MR) is 133 cm³/mol. The number of nitrogens with zero attached hydrogens (tertiary/aromatic N) is 1. The number of ketones is 1. The lowest BCUT2D eigenvalue weighted by atomic mass is 10.1. The zero-order valence-corrected chi connectivity index (χ0v) is 20.4. The molecule has 1 amide bonds. The van der Waals surface area contributed by atoms with E-state index in [9.17, 15) is 18.2 Å². The number of Topliss-reactive ketones (excluding diaryl/α,β-unsaturated/α-hetero) is 1. The molecule has 0 bridgehead atoms. The van der Waals surface area contributed by atoms with E-state index >= 15 is 0 Å². The van der Waals surface area contributed by atoms with Crippen LogP contribution in [0.1, 0.15) is 33.6 Å². The number of halogens is 2. The number of carbonyl (C=O) groups is 2. The number of rotatable bonds is 8. The highest BCUT2D eigenvalue weighted by molar-refractivity contribution is 7.82. The molecule has 35 heavy (non-hydrogen) atoms. The first-order valence-corrected chi connectivity index (χ1v) is 12.6. The van der Waals surface area contributed by atoms with E-state index in [4.69, 9.17) is 16.3 Å². The topological polar surface area (TPSA) is 75.7 Å². The first kappa shape index (κ1) is 25.0. The standard InChI is InChI=1S/C26H24ClFN2O4S/c27-22-16-19(28)10-11-25(22)35(33)30-14-12-20(13-15-30)34-24-9-5-4-8-21(24)26(32)29-17-23(31)18-6-2-1-3-7-18/h1-11,16,20H,12-15,17H2,(H,29,32). The number of nitrogens with one attached hydrogen (secondary N) is 1. The van der Waals surface area contributed by atoms with Crippen LogP contribution in [0, 0.1) is 5.82 Å². The van der Waals surface area contributed by atoms with Crippen LogP contribution >= 0.6 is 11.6 Å². The minimum atomic E-state index is -1.50. The van der Waals surface area contributed by atoms with Crippen molar-refractivity contribution in [2.45, 2.75) is 23.8 Å². The monoisotopic (exact) mass is 514 g/mol. The van der Waals surface area contributed by atoms with Gasteiger partial charge in [0, 0.05) is 18.7 Å². The van der Waals surface area contributed by atoms with E-state index in [1.165, 1.54) is 12.1 Å². The summed E-state index contributed by atoms with van der Waals surface area (Å²) in [4.78, 5) is 25.4. The predicted octanol–water partition coefficient (Wildman–Crippen LogP) is 4.66. The molecule has 1 saturated heterocycles. The first-order valence-electron chi connectivity index (χ1n) is 11.2. The van der Waals surface area contributed by atoms with E-state index in [0.29, 0.717) is 47.7 Å². The van der Waals surface area contributed by atoms with Gasteiger partial charge in [-0.2, -0.15) is 0 Å². The normalized spacial score (nSPS) is 15.4. The van der Waals surface area contributed by atoms with Crippen LogP contribution in [0.25, 0.3) is 0 Å². The molecule has 0 aromatic heterocycles. The molecule has 4 rings (SSSR count). The Morgan fingerprint density at radius 2 is 1.71 bits per heavy atom. The molecule has 3 aromatic carbocycles. The lowest BCUT2D eigenvalue weighted by molar-refractivity contribution is 0.0894. The highest BCUT2D eigenvalue weighted by Crippen LogP contribution is 2.27. The second-order valence-electron chi connectivity index (χ2n) is 8.04. The Morgan fingerprint density at radius 1 is 1.03 bits per heavy atom. The average molecular weight is 515 g/mol. The van der Waals surface area contributed by atoms with E-state index in [-0.39, 0.29) is 23.5 Å². The van der Waals surface area contributed by atoms with Gasteiger partial charge in [0.15, 0.2) is 5.78 Å². The van der Waals surface area contributed by atoms with Crippen molar-refractivity contribution in [2.24, 2.45) is 0 Å². The van der Waals surface area contributed by atoms with Crippen LogP contribution in [0.5, 0.6) is 5.75 Å². The maximum absolute atomic E-state index is 13.3. The van der Waals surface area contributed by atoms with Crippen LogP contribution in [0.3, 0.4) is 0 Å². The second-order valence-corrected chi connectivity index (χ2v) is 9.90. The van der Waals surface area contributed by atoms with Crippen molar-refractivity contribution >= 4 is 34.3 Å². The summed E-state index contributed by atoms with van der Waals surface area (Å²) in [6, 6.07) is 19.5. The van der Waals surface area contributed by atoms with E-state index in [1.807, 2.05) is 6.07 Å². The molecule has 9 heteroatoms. The summed E-state index contributed by atoms with van der Waals surface area (Å²) in [6.07, 6.45) is 1.01. The SMILES string of the molecule is O=C(CNC(=O)c1ccccc1OC1CCN(S(=O)c2ccc(F)cc2Cl)CC1)c1ccccc1. The molecular formula is C26H24ClFN2O4S. The third kappa shape index (κ3) is 6.33. The Hall–Kier alpha value is -3.07. The fourth-order valence-electron chi connectivity index (χ4n) is 3.79. The van der Waals surface area contributed by atoms with E-state index in [0.717, 1.165) is 6.07 Å². The summed E-state index contributed by atoms with van der Waals surface area (Å²) in [5, 5.41) is 2.80. The summed E-state index contributed by atoms with van der Waals surface area (Å²) < 4.78 is 34.1. The third-order valence-electron chi connectivity index (χ3n) is 5.65. The van der Waals surface area contributed by atoms with Crippen molar-refractivity contribution in [3.8, 4) is 5.75 Å². The van der Waals surface area contributed by atoms with Gasteiger partial charge in [-0.1, -0.05) is 54.1 Å². The van der Waals surface area contributed by atoms with Crippen molar-refractivity contribution in [1.82, 2.24) is 9.62 Å². The Bertz CT molecular complexity index is 1230. The third-order valence-corrected chi connectivity index (χ3v) is 7.64. The molecule has 1 heterocycles. The summed E-state index contributed by atoms with van der Waals surface area (Å²) in [5.74, 6) is -0.623. The highest BCUT2D eigenvalue weighted by Gasteiger charge is 2.27. The Kier molecular flexibility index (Phi) is 8.28. The molecule has 1 aliphatic heterocycles. The van der Waals surface area contributed by atoms with Gasteiger partial charge in [0.05, 0.1) is 22.0 Å². The summed E-state index contributed by atoms with van der Waals surface area (Å²) in [5.41, 5.74) is 0.876. The molecule has 3 aromatic rings. The molecular weight excluding hydrogens is 491 g/mol. The molecule has 0 saturated carbocycles. The fourth-order valence-corrected chi connectivity index (χ4v) is 5.39. The van der Waals surface area contributed by atoms with Crippen LogP contribution in [0.15, 0.2) is 77.7 Å². The molecule has 0 aliphatic carbocycles. The van der Waals surface area contributed by atoms with Crippen molar-refractivity contribution < 1.29 is 22.9 Å². The first-order chi connectivity index (χ1) is 16.9. The van der Waals surface area contributed by atoms with Crippen LogP contribution < -0.4 is 10.1 Å². The van der Waals surface area contributed by atoms with Crippen LogP contribution in [-0.2, 0) is 11.0 Å². The Labute approximate surface area is 210 Å². The second kappa shape index (κ2) is 11.6. The van der Waals surface area contributed by atoms with Gasteiger partial charge in [-0.15, -0.1) is 0 Å². The van der Waals surface area contributed by atoms with Gasteiger partial charge in [0.25, 0.3) is 5.91 Å². The van der Waals surface area contributed by atoms with Gasteiger partial charge in [0.1, 0.15) is 28.7 Å². The van der Waals surface area contributed by atoms with E-state index in [1.54, 1.807) is 52.8 Å². The molecule has 1 fully saturated rings. The maximum atomic E-state index is 13.3. The van der Waals surface area contributed by atoms with Gasteiger partial charge in [0.2, 0.25) is 0 Å². The molecule has 1 atom stereocenters. The molecule has 1 aliphatic rings. The lowest BCUT2D eigenvalue weighted by Crippen LogP contribution is -2.39. The molecule has 182 valence electrons. The van der Waals surface area contributed by atoms with E-state index in [2.05, 4.69) is 5.32 Å². The number of benzene rings is 3. The van der Waals surface area contributed by atoms with Crippen LogP contribution in [-0.4, -0.2) is 45.9 Å². The Balaban J connectivity index is 1.34. The number of carbonyl (C=O) groups excluding carboxylic acids is 2. The van der Waals surface area contributed by atoms with Crippen molar-refractivity contribution in [3.63, 3.8) is 0 Å². The maximum Gasteiger partial charge on any atom is 0.255 e. The number of hydrogen-bond donors (Lipinski definition) is 1. The average Bonchev–Trinajstić information content (AvgIpc) is 2.88. The van der Waals surface area contributed by atoms with Crippen molar-refractivity contribution in [1.29, 1.82) is 0 Å². The summed E-state index contributed by atoms with van der Waals surface area (Å²) >= 11 is 6.06. The van der Waals surface area contributed by atoms with Gasteiger partial charge >= 0.3 is 0 Å². The summed E-state index contributed by atoms with van der Waals surface area (Å²) in [7, 11) is -1.50. The number of ether oxygens (including phenoxy) is 1. The quantitative estimate of drug-likeness (QED) is 0.444. The summed E-state index contributed by atoms with van der Waals surface area (Å²) in [6.45, 7) is 0.864. The van der Waals surface area contributed by atoms with Crippen LogP contribution in [0.4, 0.5) is 4.39 Å².